The molecule has 0 heterocycles. The maximum Gasteiger partial charge on any atom is 0.0477 e. The van der Waals surface area contributed by atoms with Gasteiger partial charge < -0.3 is 7.43 Å². The summed E-state index contributed by atoms with van der Waals surface area (Å²) < 4.78 is 0. The summed E-state index contributed by atoms with van der Waals surface area (Å²) in [5, 5.41) is 6.74. The number of rotatable bonds is 0. The van der Waals surface area contributed by atoms with E-state index in [0.29, 0.717) is 0 Å². The molecule has 0 unspecified atom stereocenters. The predicted molar refractivity (Wildman–Crippen MR) is 144 cm³/mol. The Morgan fingerprint density at radius 3 is 1.26 bits per heavy atom. The minimum atomic E-state index is 0. The largest absolute Gasteiger partial charge is 0.358 e. The summed E-state index contributed by atoms with van der Waals surface area (Å²) in [5.41, 5.74) is 2.70. The van der Waals surface area contributed by atoms with Crippen LogP contribution in [0.25, 0.3) is 21.5 Å². The van der Waals surface area contributed by atoms with Gasteiger partial charge in [0.2, 0.25) is 0 Å². The molecule has 31 heavy (non-hydrogen) atoms. The molecule has 0 bridgehead atoms. The molecule has 163 valence electrons. The van der Waals surface area contributed by atoms with E-state index in [1.165, 1.54) is 37.9 Å². The molecule has 0 aliphatic heterocycles. The normalized spacial score (nSPS) is 8.74. The van der Waals surface area contributed by atoms with Crippen LogP contribution in [0.1, 0.15) is 11.1 Å². The molecule has 0 spiro atoms. The van der Waals surface area contributed by atoms with Crippen molar-refractivity contribution < 1.29 is 25.8 Å². The first kappa shape index (κ1) is 31.7. The molecular formula is C27H30Cl2HfSi-3. The van der Waals surface area contributed by atoms with Gasteiger partial charge in [-0.15, -0.1) is 106 Å². The molecule has 0 N–H and O–H groups in total. The quantitative estimate of drug-likeness (QED) is 0.128. The van der Waals surface area contributed by atoms with Crippen molar-refractivity contribution in [3.05, 3.63) is 122 Å². The van der Waals surface area contributed by atoms with E-state index in [4.69, 9.17) is 0 Å². The van der Waals surface area contributed by atoms with Gasteiger partial charge in [-0.3, -0.25) is 0 Å². The summed E-state index contributed by atoms with van der Waals surface area (Å²) in [5.74, 6) is 0. The van der Waals surface area contributed by atoms with Gasteiger partial charge in [0.1, 0.15) is 0 Å². The Hall–Kier alpha value is -1.45. The molecular weight excluding hydrogens is 602 g/mol. The van der Waals surface area contributed by atoms with Crippen LogP contribution in [0.4, 0.5) is 0 Å². The Bertz CT molecular complexity index is 976. The third-order valence-electron chi connectivity index (χ3n) is 4.37. The average molecular weight is 632 g/mol. The zero-order valence-electron chi connectivity index (χ0n) is 18.3. The van der Waals surface area contributed by atoms with Gasteiger partial charge in [0.25, 0.3) is 0 Å². The molecule has 0 aliphatic carbocycles. The summed E-state index contributed by atoms with van der Waals surface area (Å²) in [6.45, 7) is 4.25. The predicted octanol–water partition coefficient (Wildman–Crippen LogP) is 6.97. The molecule has 0 atom stereocenters. The average Bonchev–Trinajstić information content (AvgIpc) is 3.23. The van der Waals surface area contributed by atoms with E-state index >= 15 is 0 Å². The Labute approximate surface area is 221 Å². The van der Waals surface area contributed by atoms with Crippen molar-refractivity contribution >= 4 is 61.8 Å². The van der Waals surface area contributed by atoms with Crippen molar-refractivity contribution in [2.45, 2.75) is 13.8 Å². The minimum absolute atomic E-state index is 0. The van der Waals surface area contributed by atoms with E-state index in [1.807, 2.05) is 28.4 Å². The molecule has 0 nitrogen and oxygen atoms in total. The van der Waals surface area contributed by atoms with Gasteiger partial charge in [0.15, 0.2) is 0 Å². The van der Waals surface area contributed by atoms with Gasteiger partial charge in [-0.1, -0.05) is 61.5 Å². The molecule has 1 radical (unpaired) electrons. The molecule has 5 aromatic carbocycles. The second-order valence-corrected chi connectivity index (χ2v) is 7.63. The van der Waals surface area contributed by atoms with Crippen LogP contribution in [0.2, 0.25) is 0 Å². The Kier molecular flexibility index (Phi) is 16.6. The van der Waals surface area contributed by atoms with E-state index in [9.17, 15) is 0 Å². The Balaban J connectivity index is 0. The van der Waals surface area contributed by atoms with Crippen LogP contribution in [0, 0.1) is 21.3 Å². The first-order valence-electron chi connectivity index (χ1n) is 9.23. The Morgan fingerprint density at radius 1 is 0.581 bits per heavy atom. The molecule has 5 rings (SSSR count). The third-order valence-corrected chi connectivity index (χ3v) is 4.84. The van der Waals surface area contributed by atoms with Gasteiger partial charge >= 0.3 is 0 Å². The Morgan fingerprint density at radius 2 is 0.935 bits per heavy atom. The monoisotopic (exact) mass is 632 g/mol. The smallest absolute Gasteiger partial charge is 0.0477 e. The molecule has 4 heteroatoms. The molecule has 0 aliphatic rings. The van der Waals surface area contributed by atoms with Crippen molar-refractivity contribution in [1.29, 1.82) is 0 Å². The van der Waals surface area contributed by atoms with E-state index in [0.717, 1.165) is 0 Å². The standard InChI is InChI=1S/2C10H9.C6H7Si.CH3.2ClH.Hf/c2*1-8-6-9-4-2-3-5-10(9)7-8;7-6-4-2-1-3-5-6;;;;/h2*2-7H,1H3;1-5H,7H2;1H3;2*1H;/q2*-1;;-1;;;. The molecule has 0 aromatic heterocycles. The first-order valence-corrected chi connectivity index (χ1v) is 9.94. The molecule has 5 aromatic rings. The van der Waals surface area contributed by atoms with Crippen LogP contribution in [0.3, 0.4) is 0 Å². The van der Waals surface area contributed by atoms with Crippen LogP contribution >= 0.6 is 24.8 Å². The SMILES string of the molecule is Cc1cc2ccccc2[cH-]1.Cc1cc2ccccc2[cH-]1.Cl.Cl.[CH3-].[Hf].[SiH2]c1ccccc1. The van der Waals surface area contributed by atoms with Crippen molar-refractivity contribution in [2.24, 2.45) is 0 Å². The third kappa shape index (κ3) is 10.1. The fourth-order valence-corrected chi connectivity index (χ4v) is 3.36. The van der Waals surface area contributed by atoms with Crippen molar-refractivity contribution in [1.82, 2.24) is 0 Å². The van der Waals surface area contributed by atoms with Crippen molar-refractivity contribution in [2.75, 3.05) is 0 Å². The summed E-state index contributed by atoms with van der Waals surface area (Å²) in [6.07, 6.45) is 0. The fraction of sp³-hybridized carbons (Fsp3) is 0.0741. The number of halogens is 2. The van der Waals surface area contributed by atoms with E-state index in [1.54, 1.807) is 0 Å². The minimum Gasteiger partial charge on any atom is -0.358 e. The van der Waals surface area contributed by atoms with Crippen LogP contribution in [0.5, 0.6) is 0 Å². The topological polar surface area (TPSA) is 0 Å². The molecule has 0 fully saturated rings. The van der Waals surface area contributed by atoms with Crippen LogP contribution < -0.4 is 5.19 Å². The maximum atomic E-state index is 2.20. The second kappa shape index (κ2) is 16.2. The first-order chi connectivity index (χ1) is 13.1. The second-order valence-electron chi connectivity index (χ2n) is 6.81. The van der Waals surface area contributed by atoms with E-state index in [-0.39, 0.29) is 58.1 Å². The van der Waals surface area contributed by atoms with Gasteiger partial charge in [0.05, 0.1) is 0 Å². The summed E-state index contributed by atoms with van der Waals surface area (Å²) in [4.78, 5) is 0. The van der Waals surface area contributed by atoms with Gasteiger partial charge in [-0.25, -0.2) is 0 Å². The van der Waals surface area contributed by atoms with Crippen molar-refractivity contribution in [3.8, 4) is 0 Å². The van der Waals surface area contributed by atoms with Gasteiger partial charge in [-0.2, -0.15) is 12.1 Å². The molecule has 0 amide bonds. The number of fused-ring (bicyclic) bond motifs is 2. The van der Waals surface area contributed by atoms with Crippen LogP contribution in [-0.4, -0.2) is 10.2 Å². The summed E-state index contributed by atoms with van der Waals surface area (Å²) in [6, 6.07) is 36.0. The maximum absolute atomic E-state index is 2.20. The van der Waals surface area contributed by atoms with E-state index in [2.05, 4.69) is 98.8 Å². The summed E-state index contributed by atoms with van der Waals surface area (Å²) >= 11 is 0. The number of aryl methyl sites for hydroxylation is 2. The van der Waals surface area contributed by atoms with Gasteiger partial charge in [0, 0.05) is 36.1 Å². The zero-order valence-corrected chi connectivity index (χ0v) is 25.0. The molecule has 0 saturated carbocycles. The number of hydrogen-bond acceptors (Lipinski definition) is 0. The van der Waals surface area contributed by atoms with Crippen LogP contribution in [0.15, 0.2) is 103 Å². The van der Waals surface area contributed by atoms with Crippen LogP contribution in [-0.2, 0) is 25.8 Å². The number of benzene rings is 3. The van der Waals surface area contributed by atoms with Crippen molar-refractivity contribution in [3.63, 3.8) is 0 Å². The summed E-state index contributed by atoms with van der Waals surface area (Å²) in [7, 11) is 1.90. The van der Waals surface area contributed by atoms with E-state index < -0.39 is 0 Å². The number of hydrogen-bond donors (Lipinski definition) is 0. The fourth-order valence-electron chi connectivity index (χ4n) is 3.09. The molecule has 0 saturated heterocycles. The van der Waals surface area contributed by atoms with Gasteiger partial charge in [-0.05, 0) is 0 Å². The zero-order chi connectivity index (χ0) is 19.1.